The second-order valence-electron chi connectivity index (χ2n) is 4.54. The van der Waals surface area contributed by atoms with Crippen LogP contribution in [-0.4, -0.2) is 11.2 Å². The molecule has 0 aromatic heterocycles. The van der Waals surface area contributed by atoms with Crippen molar-refractivity contribution in [2.45, 2.75) is 18.6 Å². The van der Waals surface area contributed by atoms with Gasteiger partial charge in [0.2, 0.25) is 0 Å². The van der Waals surface area contributed by atoms with E-state index in [-0.39, 0.29) is 29.4 Å². The predicted molar refractivity (Wildman–Crippen MR) is 81.7 cm³/mol. The highest BCUT2D eigenvalue weighted by Crippen LogP contribution is 2.29. The molecule has 2 nitrogen and oxygen atoms in total. The van der Waals surface area contributed by atoms with E-state index in [1.54, 1.807) is 0 Å². The van der Waals surface area contributed by atoms with Gasteiger partial charge in [-0.3, -0.25) is 0 Å². The molecule has 3 N–H and O–H groups in total. The van der Waals surface area contributed by atoms with E-state index in [0.717, 1.165) is 17.7 Å². The lowest BCUT2D eigenvalue weighted by molar-refractivity contribution is 0.143. The molecule has 0 heterocycles. The average molecular weight is 334 g/mol. The molecule has 0 fully saturated rings. The molecular formula is C15H15Cl2F2NO. The largest absolute Gasteiger partial charge is 0.391 e. The van der Waals surface area contributed by atoms with Crippen molar-refractivity contribution in [1.29, 1.82) is 0 Å². The average Bonchev–Trinajstić information content (AvgIpc) is 2.44. The van der Waals surface area contributed by atoms with Crippen molar-refractivity contribution in [3.63, 3.8) is 0 Å². The van der Waals surface area contributed by atoms with Crippen LogP contribution in [0.3, 0.4) is 0 Å². The molecule has 0 unspecified atom stereocenters. The summed E-state index contributed by atoms with van der Waals surface area (Å²) in [7, 11) is 0. The van der Waals surface area contributed by atoms with Crippen LogP contribution in [0.4, 0.5) is 8.78 Å². The van der Waals surface area contributed by atoms with Crippen molar-refractivity contribution in [2.24, 2.45) is 5.73 Å². The molecule has 0 spiro atoms. The zero-order valence-corrected chi connectivity index (χ0v) is 12.5. The van der Waals surface area contributed by atoms with Crippen molar-refractivity contribution in [1.82, 2.24) is 0 Å². The lowest BCUT2D eigenvalue weighted by atomic mass is 9.96. The molecule has 2 aromatic rings. The van der Waals surface area contributed by atoms with Crippen LogP contribution in [0.2, 0.25) is 5.02 Å². The Hall–Kier alpha value is -1.20. The first-order valence-corrected chi connectivity index (χ1v) is 6.49. The minimum atomic E-state index is -1.10. The van der Waals surface area contributed by atoms with E-state index in [9.17, 15) is 13.9 Å². The molecule has 0 aliphatic rings. The minimum Gasteiger partial charge on any atom is -0.391 e. The fourth-order valence-corrected chi connectivity index (χ4v) is 2.30. The Morgan fingerprint density at radius 2 is 1.62 bits per heavy atom. The number of aliphatic hydroxyl groups excluding tert-OH is 1. The Balaban J connectivity index is 0.00000220. The molecule has 0 saturated heterocycles. The number of aliphatic hydroxyl groups is 1. The Bertz CT molecular complexity index is 596. The second kappa shape index (κ2) is 7.71. The molecule has 0 amide bonds. The number of rotatable bonds is 4. The number of hydrogen-bond acceptors (Lipinski definition) is 2. The summed E-state index contributed by atoms with van der Waals surface area (Å²) in [4.78, 5) is 0. The summed E-state index contributed by atoms with van der Waals surface area (Å²) in [5.74, 6) is -1.48. The molecule has 0 aliphatic heterocycles. The Labute approximate surface area is 133 Å². The fraction of sp³-hybridized carbons (Fsp3) is 0.200. The van der Waals surface area contributed by atoms with Crippen LogP contribution >= 0.6 is 24.0 Å². The van der Waals surface area contributed by atoms with Gasteiger partial charge in [0.25, 0.3) is 0 Å². The summed E-state index contributed by atoms with van der Waals surface area (Å²) < 4.78 is 27.1. The summed E-state index contributed by atoms with van der Waals surface area (Å²) in [6.07, 6.45) is -0.833. The zero-order valence-electron chi connectivity index (χ0n) is 11.0. The van der Waals surface area contributed by atoms with Gasteiger partial charge in [0.1, 0.15) is 11.6 Å². The lowest BCUT2D eigenvalue weighted by Crippen LogP contribution is -2.29. The van der Waals surface area contributed by atoms with Crippen LogP contribution in [-0.2, 0) is 6.42 Å². The summed E-state index contributed by atoms with van der Waals surface area (Å²) >= 11 is 5.73. The second-order valence-corrected chi connectivity index (χ2v) is 4.92. The first kappa shape index (κ1) is 17.9. The summed E-state index contributed by atoms with van der Waals surface area (Å²) in [6.45, 7) is 0. The Morgan fingerprint density at radius 1 is 1.05 bits per heavy atom. The first-order chi connectivity index (χ1) is 9.50. The van der Waals surface area contributed by atoms with Crippen molar-refractivity contribution in [3.05, 3.63) is 70.2 Å². The molecule has 2 rings (SSSR count). The number of hydrogen-bond donors (Lipinski definition) is 2. The minimum absolute atomic E-state index is 0. The number of nitrogens with two attached hydrogens (primary N) is 1. The highest BCUT2D eigenvalue weighted by Gasteiger charge is 2.24. The van der Waals surface area contributed by atoms with Crippen LogP contribution in [0.5, 0.6) is 0 Å². The van der Waals surface area contributed by atoms with E-state index in [1.807, 2.05) is 30.3 Å². The van der Waals surface area contributed by atoms with Crippen molar-refractivity contribution >= 4 is 24.0 Å². The van der Waals surface area contributed by atoms with Crippen LogP contribution in [0.25, 0.3) is 0 Å². The third-order valence-corrected chi connectivity index (χ3v) is 3.50. The molecule has 21 heavy (non-hydrogen) atoms. The van der Waals surface area contributed by atoms with Gasteiger partial charge in [-0.2, -0.15) is 0 Å². The third-order valence-electron chi connectivity index (χ3n) is 3.11. The molecular weight excluding hydrogens is 319 g/mol. The maximum Gasteiger partial charge on any atom is 0.142 e. The maximum absolute atomic E-state index is 13.7. The number of benzene rings is 2. The fourth-order valence-electron chi connectivity index (χ4n) is 2.02. The lowest BCUT2D eigenvalue weighted by Gasteiger charge is -2.21. The first-order valence-electron chi connectivity index (χ1n) is 6.11. The van der Waals surface area contributed by atoms with Gasteiger partial charge in [-0.15, -0.1) is 12.4 Å². The van der Waals surface area contributed by atoms with Gasteiger partial charge in [-0.05, 0) is 17.7 Å². The van der Waals surface area contributed by atoms with Crippen molar-refractivity contribution in [2.75, 3.05) is 0 Å². The quantitative estimate of drug-likeness (QED) is 0.839. The molecule has 6 heteroatoms. The summed E-state index contributed by atoms with van der Waals surface area (Å²) in [6, 6.07) is 9.91. The van der Waals surface area contributed by atoms with Gasteiger partial charge in [0.15, 0.2) is 0 Å². The topological polar surface area (TPSA) is 46.2 Å². The standard InChI is InChI=1S/C15H14ClF2NO.ClH/c16-14-11(18)7-6-10(17)13(14)15(19)12(20)8-9-4-2-1-3-5-9;/h1-7,12,15,20H,8,19H2;1H/t12-,15-;/m0./s1. The molecule has 0 radical (unpaired) electrons. The van der Waals surface area contributed by atoms with E-state index >= 15 is 0 Å². The van der Waals surface area contributed by atoms with Crippen LogP contribution in [0, 0.1) is 11.6 Å². The Kier molecular flexibility index (Phi) is 6.55. The molecule has 0 saturated carbocycles. The molecule has 2 aromatic carbocycles. The van der Waals surface area contributed by atoms with Gasteiger partial charge in [0.05, 0.1) is 17.2 Å². The van der Waals surface area contributed by atoms with Gasteiger partial charge >= 0.3 is 0 Å². The highest BCUT2D eigenvalue weighted by molar-refractivity contribution is 6.31. The van der Waals surface area contributed by atoms with Gasteiger partial charge in [-0.25, -0.2) is 8.78 Å². The van der Waals surface area contributed by atoms with E-state index in [2.05, 4.69) is 0 Å². The van der Waals surface area contributed by atoms with Crippen molar-refractivity contribution in [3.8, 4) is 0 Å². The Morgan fingerprint density at radius 3 is 2.24 bits per heavy atom. The summed E-state index contributed by atoms with van der Waals surface area (Å²) in [5, 5.41) is 9.71. The smallest absolute Gasteiger partial charge is 0.142 e. The van der Waals surface area contributed by atoms with Gasteiger partial charge in [-0.1, -0.05) is 41.9 Å². The molecule has 0 aliphatic carbocycles. The van der Waals surface area contributed by atoms with E-state index in [0.29, 0.717) is 0 Å². The predicted octanol–water partition coefficient (Wildman–Crippen LogP) is 3.64. The van der Waals surface area contributed by atoms with Crippen molar-refractivity contribution < 1.29 is 13.9 Å². The van der Waals surface area contributed by atoms with Gasteiger partial charge < -0.3 is 10.8 Å². The molecule has 114 valence electrons. The van der Waals surface area contributed by atoms with Crippen LogP contribution in [0.15, 0.2) is 42.5 Å². The highest BCUT2D eigenvalue weighted by atomic mass is 35.5. The number of halogens is 4. The van der Waals surface area contributed by atoms with E-state index in [1.165, 1.54) is 0 Å². The molecule has 2 atom stereocenters. The van der Waals surface area contributed by atoms with E-state index < -0.39 is 23.8 Å². The zero-order chi connectivity index (χ0) is 14.7. The third kappa shape index (κ3) is 4.14. The van der Waals surface area contributed by atoms with Gasteiger partial charge in [0, 0.05) is 12.0 Å². The molecule has 0 bridgehead atoms. The summed E-state index contributed by atoms with van der Waals surface area (Å²) in [5.41, 5.74) is 6.47. The normalized spacial score (nSPS) is 13.4. The van der Waals surface area contributed by atoms with Crippen LogP contribution < -0.4 is 5.73 Å². The monoisotopic (exact) mass is 333 g/mol. The maximum atomic E-state index is 13.7. The SMILES string of the molecule is Cl.N[C@H](c1c(F)ccc(F)c1Cl)[C@@H](O)Cc1ccccc1. The van der Waals surface area contributed by atoms with E-state index in [4.69, 9.17) is 17.3 Å². The van der Waals surface area contributed by atoms with Crippen LogP contribution in [0.1, 0.15) is 17.2 Å².